The summed E-state index contributed by atoms with van der Waals surface area (Å²) in [5.41, 5.74) is 8.52. The van der Waals surface area contributed by atoms with E-state index in [0.29, 0.717) is 17.8 Å². The Bertz CT molecular complexity index is 1380. The lowest BCUT2D eigenvalue weighted by atomic mass is 9.84. The highest BCUT2D eigenvalue weighted by Crippen LogP contribution is 2.47. The minimum absolute atomic E-state index is 0.223. The van der Waals surface area contributed by atoms with Gasteiger partial charge < -0.3 is 20.5 Å². The zero-order chi connectivity index (χ0) is 26.2. The van der Waals surface area contributed by atoms with Crippen LogP contribution in [-0.2, 0) is 0 Å². The van der Waals surface area contributed by atoms with Gasteiger partial charge in [0.05, 0.1) is 17.0 Å². The monoisotopic (exact) mass is 529 g/mol. The van der Waals surface area contributed by atoms with Gasteiger partial charge in [0.1, 0.15) is 23.6 Å². The molecule has 7 nitrogen and oxygen atoms in total. The normalized spacial score (nSPS) is 24.3. The molecular weight excluding hydrogens is 494 g/mol. The van der Waals surface area contributed by atoms with Crippen LogP contribution >= 0.6 is 11.3 Å². The average Bonchev–Trinajstić information content (AvgIpc) is 3.52. The lowest BCUT2D eigenvalue weighted by Crippen LogP contribution is -2.39. The first-order valence-electron chi connectivity index (χ1n) is 13.4. The molecule has 2 aliphatic rings. The van der Waals surface area contributed by atoms with Crippen molar-refractivity contribution in [2.75, 3.05) is 32.9 Å². The van der Waals surface area contributed by atoms with E-state index in [4.69, 9.17) is 15.5 Å². The average molecular weight is 530 g/mol. The number of likely N-dealkylation sites (tertiary alicyclic amines) is 1. The maximum Gasteiger partial charge on any atom is 0.136 e. The van der Waals surface area contributed by atoms with Crippen molar-refractivity contribution in [3.8, 4) is 21.9 Å². The Labute approximate surface area is 227 Å². The fourth-order valence-electron chi connectivity index (χ4n) is 6.11. The molecule has 1 saturated heterocycles. The zero-order valence-electron chi connectivity index (χ0n) is 22.0. The second-order valence-electron chi connectivity index (χ2n) is 10.8. The highest BCUT2D eigenvalue weighted by molar-refractivity contribution is 7.17. The Kier molecular flexibility index (Phi) is 7.05. The van der Waals surface area contributed by atoms with Crippen molar-refractivity contribution in [2.24, 2.45) is 0 Å². The van der Waals surface area contributed by atoms with Crippen molar-refractivity contribution < 1.29 is 9.84 Å². The van der Waals surface area contributed by atoms with Crippen LogP contribution in [0.25, 0.3) is 21.3 Å². The van der Waals surface area contributed by atoms with Crippen molar-refractivity contribution in [1.82, 2.24) is 19.8 Å². The summed E-state index contributed by atoms with van der Waals surface area (Å²) in [5.74, 6) is 2.61. The molecule has 0 bridgehead atoms. The minimum Gasteiger partial charge on any atom is -0.457 e. The van der Waals surface area contributed by atoms with Crippen LogP contribution in [0.5, 0.6) is 11.5 Å². The number of hydrogen-bond donors (Lipinski definition) is 2. The number of fused-ring (bicyclic) bond motifs is 1. The molecule has 6 rings (SSSR count). The van der Waals surface area contributed by atoms with Crippen LogP contribution in [0.15, 0.2) is 60.9 Å². The summed E-state index contributed by atoms with van der Waals surface area (Å²) in [6.07, 6.45) is 5.83. The van der Waals surface area contributed by atoms with Crippen molar-refractivity contribution in [3.63, 3.8) is 0 Å². The lowest BCUT2D eigenvalue weighted by molar-refractivity contribution is 0.109. The standard InChI is InChI=1S/C30H35N5O2S/c1-34(2)24-16-35(17-25(24)36)21-12-8-20(9-13-21)29-27-26(30(31)33-18-32-27)28(38-29)19-10-14-23(15-11-19)37-22-6-4-3-5-7-22/h3-7,10-11,14-15,18,20-21,24-25,36H,8-9,12-13,16-17H2,1-2H3,(H2,31,32,33)/t20?,21?,24-,25-/m1/s1. The number of anilines is 1. The van der Waals surface area contributed by atoms with Gasteiger partial charge in [-0.05, 0) is 87.7 Å². The van der Waals surface area contributed by atoms with Gasteiger partial charge in [0.2, 0.25) is 0 Å². The van der Waals surface area contributed by atoms with Crippen LogP contribution in [0, 0.1) is 0 Å². The molecule has 2 atom stereocenters. The molecule has 3 N–H and O–H groups in total. The van der Waals surface area contributed by atoms with Gasteiger partial charge in [-0.15, -0.1) is 11.3 Å². The third-order valence-electron chi connectivity index (χ3n) is 8.18. The second kappa shape index (κ2) is 10.6. The molecule has 198 valence electrons. The number of likely N-dealkylation sites (N-methyl/N-ethyl adjacent to an activating group) is 1. The van der Waals surface area contributed by atoms with E-state index in [1.54, 1.807) is 6.33 Å². The molecule has 2 fully saturated rings. The molecule has 1 saturated carbocycles. The summed E-state index contributed by atoms with van der Waals surface area (Å²) < 4.78 is 5.99. The number of aromatic nitrogens is 2. The van der Waals surface area contributed by atoms with E-state index in [0.717, 1.165) is 71.6 Å². The van der Waals surface area contributed by atoms with E-state index in [1.807, 2.05) is 53.8 Å². The van der Waals surface area contributed by atoms with Crippen LogP contribution < -0.4 is 10.5 Å². The molecule has 1 aliphatic heterocycles. The molecule has 0 spiro atoms. The highest BCUT2D eigenvalue weighted by Gasteiger charge is 2.38. The Balaban J connectivity index is 1.22. The summed E-state index contributed by atoms with van der Waals surface area (Å²) in [7, 11) is 4.12. The molecule has 8 heteroatoms. The summed E-state index contributed by atoms with van der Waals surface area (Å²) >= 11 is 1.81. The van der Waals surface area contributed by atoms with Crippen LogP contribution in [0.2, 0.25) is 0 Å². The van der Waals surface area contributed by atoms with Gasteiger partial charge in [-0.2, -0.15) is 0 Å². The smallest absolute Gasteiger partial charge is 0.136 e. The number of aliphatic hydroxyl groups is 1. The summed E-state index contributed by atoms with van der Waals surface area (Å²) in [4.78, 5) is 16.1. The molecular formula is C30H35N5O2S. The first kappa shape index (κ1) is 25.2. The van der Waals surface area contributed by atoms with Crippen molar-refractivity contribution in [3.05, 3.63) is 65.8 Å². The van der Waals surface area contributed by atoms with Crippen LogP contribution in [-0.4, -0.2) is 70.2 Å². The third-order valence-corrected chi connectivity index (χ3v) is 9.57. The van der Waals surface area contributed by atoms with Gasteiger partial charge in [0.25, 0.3) is 0 Å². The predicted octanol–water partition coefficient (Wildman–Crippen LogP) is 5.37. The van der Waals surface area contributed by atoms with Crippen LogP contribution in [0.4, 0.5) is 5.82 Å². The SMILES string of the molecule is CN(C)[C@@H]1CN(C2CCC(c3sc(-c4ccc(Oc5ccccc5)cc4)c4c(N)ncnc34)CC2)C[C@H]1O. The molecule has 0 amide bonds. The van der Waals surface area contributed by atoms with Crippen LogP contribution in [0.1, 0.15) is 36.5 Å². The van der Waals surface area contributed by atoms with Gasteiger partial charge >= 0.3 is 0 Å². The van der Waals surface area contributed by atoms with Gasteiger partial charge in [0, 0.05) is 34.9 Å². The first-order chi connectivity index (χ1) is 18.5. The number of nitrogens with zero attached hydrogens (tertiary/aromatic N) is 4. The summed E-state index contributed by atoms with van der Waals surface area (Å²) in [6, 6.07) is 18.8. The number of para-hydroxylation sites is 1. The van der Waals surface area contributed by atoms with E-state index in [1.165, 1.54) is 4.88 Å². The Hall–Kier alpha value is -3.04. The zero-order valence-corrected chi connectivity index (χ0v) is 22.8. The number of nitrogens with two attached hydrogens (primary N) is 1. The fourth-order valence-corrected chi connectivity index (χ4v) is 7.54. The Morgan fingerprint density at radius 2 is 1.66 bits per heavy atom. The largest absolute Gasteiger partial charge is 0.457 e. The van der Waals surface area contributed by atoms with Crippen LogP contribution in [0.3, 0.4) is 0 Å². The van der Waals surface area contributed by atoms with E-state index in [-0.39, 0.29) is 12.1 Å². The highest BCUT2D eigenvalue weighted by atomic mass is 32.1. The Morgan fingerprint density at radius 3 is 2.34 bits per heavy atom. The fraction of sp³-hybridized carbons (Fsp3) is 0.400. The number of thiophene rings is 1. The number of aliphatic hydroxyl groups excluding tert-OH is 1. The number of nitrogen functional groups attached to an aromatic ring is 1. The van der Waals surface area contributed by atoms with E-state index < -0.39 is 0 Å². The van der Waals surface area contributed by atoms with Gasteiger partial charge in [-0.3, -0.25) is 4.90 Å². The lowest BCUT2D eigenvalue weighted by Gasteiger charge is -2.34. The number of hydrogen-bond acceptors (Lipinski definition) is 8. The van der Waals surface area contributed by atoms with Crippen molar-refractivity contribution in [1.29, 1.82) is 0 Å². The quantitative estimate of drug-likeness (QED) is 0.347. The second-order valence-corrected chi connectivity index (χ2v) is 11.8. The first-order valence-corrected chi connectivity index (χ1v) is 14.2. The third kappa shape index (κ3) is 4.89. The summed E-state index contributed by atoms with van der Waals surface area (Å²) in [6.45, 7) is 1.72. The maximum absolute atomic E-state index is 10.5. The number of β-amino-alcohol motifs (C(OH)–C–C–N with tert-alkyl or cyclic N) is 1. The van der Waals surface area contributed by atoms with Gasteiger partial charge in [-0.25, -0.2) is 9.97 Å². The van der Waals surface area contributed by atoms with E-state index in [2.05, 4.69) is 41.0 Å². The Morgan fingerprint density at radius 1 is 0.947 bits per heavy atom. The maximum atomic E-state index is 10.5. The van der Waals surface area contributed by atoms with Crippen molar-refractivity contribution >= 4 is 28.1 Å². The minimum atomic E-state index is -0.268. The molecule has 3 heterocycles. The molecule has 0 radical (unpaired) electrons. The van der Waals surface area contributed by atoms with Gasteiger partial charge in [-0.1, -0.05) is 18.2 Å². The number of ether oxygens (including phenoxy) is 1. The number of benzene rings is 2. The van der Waals surface area contributed by atoms with Gasteiger partial charge in [0.15, 0.2) is 0 Å². The molecule has 2 aromatic heterocycles. The number of rotatable bonds is 6. The molecule has 38 heavy (non-hydrogen) atoms. The summed E-state index contributed by atoms with van der Waals surface area (Å²) in [5, 5.41) is 11.5. The predicted molar refractivity (Wildman–Crippen MR) is 154 cm³/mol. The van der Waals surface area contributed by atoms with E-state index in [9.17, 15) is 5.11 Å². The molecule has 0 unspecified atom stereocenters. The molecule has 1 aliphatic carbocycles. The van der Waals surface area contributed by atoms with Crippen molar-refractivity contribution in [2.45, 2.75) is 49.8 Å². The topological polar surface area (TPSA) is 87.7 Å². The molecule has 2 aromatic carbocycles. The van der Waals surface area contributed by atoms with E-state index >= 15 is 0 Å². The molecule has 4 aromatic rings.